The van der Waals surface area contributed by atoms with Crippen LogP contribution in [0.2, 0.25) is 0 Å². The first kappa shape index (κ1) is 24.9. The zero-order valence-electron chi connectivity index (χ0n) is 17.4. The Balaban J connectivity index is 3.26. The number of carboxylic acid groups (broad SMARTS) is 1. The van der Waals surface area contributed by atoms with E-state index >= 15 is 0 Å². The summed E-state index contributed by atoms with van der Waals surface area (Å²) < 4.78 is 0. The van der Waals surface area contributed by atoms with Crippen molar-refractivity contribution in [3.05, 3.63) is 0 Å². The van der Waals surface area contributed by atoms with Gasteiger partial charge in [-0.25, -0.2) is 4.79 Å². The smallest absolute Gasteiger partial charge is 0.326 e. The molecule has 1 amide bonds. The van der Waals surface area contributed by atoms with E-state index in [0.29, 0.717) is 6.42 Å². The maximum Gasteiger partial charge on any atom is 0.326 e. The molecule has 4 heteroatoms. The Labute approximate surface area is 161 Å². The van der Waals surface area contributed by atoms with Gasteiger partial charge in [-0.15, -0.1) is 0 Å². The summed E-state index contributed by atoms with van der Waals surface area (Å²) in [6.07, 6.45) is 21.5. The Kier molecular flexibility index (Phi) is 18.0. The lowest BCUT2D eigenvalue weighted by Crippen LogP contribution is -2.39. The largest absolute Gasteiger partial charge is 0.480 e. The van der Waals surface area contributed by atoms with Crippen molar-refractivity contribution >= 4 is 11.9 Å². The standard InChI is InChI=1S/C22H43NO3/c1-3-4-5-6-7-8-9-10-11-12-13-14-15-16-17-18-19-21(22(25)26)23-20(2)24/h21H,3-19H2,1-2H3,(H,23,24)(H,25,26). The van der Waals surface area contributed by atoms with Gasteiger partial charge in [0.2, 0.25) is 5.91 Å². The van der Waals surface area contributed by atoms with Crippen LogP contribution < -0.4 is 5.32 Å². The first-order chi connectivity index (χ1) is 12.6. The third kappa shape index (κ3) is 17.8. The molecule has 0 aliphatic heterocycles. The van der Waals surface area contributed by atoms with Gasteiger partial charge >= 0.3 is 5.97 Å². The predicted molar refractivity (Wildman–Crippen MR) is 109 cm³/mol. The first-order valence-electron chi connectivity index (χ1n) is 11.1. The molecule has 0 radical (unpaired) electrons. The Hall–Kier alpha value is -1.06. The predicted octanol–water partition coefficient (Wildman–Crippen LogP) is 6.23. The van der Waals surface area contributed by atoms with Gasteiger partial charge in [0.05, 0.1) is 0 Å². The highest BCUT2D eigenvalue weighted by Crippen LogP contribution is 2.14. The van der Waals surface area contributed by atoms with E-state index in [1.54, 1.807) is 0 Å². The van der Waals surface area contributed by atoms with Gasteiger partial charge in [0.15, 0.2) is 0 Å². The Morgan fingerprint density at radius 2 is 1.04 bits per heavy atom. The van der Waals surface area contributed by atoms with Crippen molar-refractivity contribution in [2.45, 2.75) is 129 Å². The molecule has 0 saturated carbocycles. The molecule has 1 atom stereocenters. The molecule has 0 aliphatic rings. The van der Waals surface area contributed by atoms with Crippen LogP contribution in [0.3, 0.4) is 0 Å². The average molecular weight is 370 g/mol. The van der Waals surface area contributed by atoms with Gasteiger partial charge in [-0.1, -0.05) is 110 Å². The summed E-state index contributed by atoms with van der Waals surface area (Å²) in [7, 11) is 0. The molecule has 0 bridgehead atoms. The van der Waals surface area contributed by atoms with E-state index in [0.717, 1.165) is 12.8 Å². The minimum Gasteiger partial charge on any atom is -0.480 e. The zero-order chi connectivity index (χ0) is 19.5. The van der Waals surface area contributed by atoms with Crippen LogP contribution in [0.25, 0.3) is 0 Å². The van der Waals surface area contributed by atoms with Crippen molar-refractivity contribution < 1.29 is 14.7 Å². The van der Waals surface area contributed by atoms with E-state index in [-0.39, 0.29) is 5.91 Å². The number of carboxylic acids is 1. The summed E-state index contributed by atoms with van der Waals surface area (Å²) in [6, 6.07) is -0.723. The van der Waals surface area contributed by atoms with E-state index in [1.165, 1.54) is 96.8 Å². The van der Waals surface area contributed by atoms with Gasteiger partial charge in [0, 0.05) is 6.92 Å². The number of carbonyl (C=O) groups excluding carboxylic acids is 1. The van der Waals surface area contributed by atoms with E-state index < -0.39 is 12.0 Å². The Morgan fingerprint density at radius 1 is 0.692 bits per heavy atom. The highest BCUT2D eigenvalue weighted by molar-refractivity contribution is 5.81. The lowest BCUT2D eigenvalue weighted by atomic mass is 10.0. The van der Waals surface area contributed by atoms with E-state index in [9.17, 15) is 9.59 Å². The van der Waals surface area contributed by atoms with E-state index in [4.69, 9.17) is 5.11 Å². The molecule has 0 heterocycles. The second kappa shape index (κ2) is 18.7. The minimum atomic E-state index is -0.929. The number of hydrogen-bond donors (Lipinski definition) is 2. The van der Waals surface area contributed by atoms with Gasteiger partial charge in [0.1, 0.15) is 6.04 Å². The molecule has 0 aromatic rings. The lowest BCUT2D eigenvalue weighted by molar-refractivity contribution is -0.141. The maximum absolute atomic E-state index is 11.0. The summed E-state index contributed by atoms with van der Waals surface area (Å²) in [5.74, 6) is -1.20. The van der Waals surface area contributed by atoms with Crippen LogP contribution in [0.5, 0.6) is 0 Å². The molecule has 0 rings (SSSR count). The molecule has 0 saturated heterocycles. The van der Waals surface area contributed by atoms with Crippen LogP contribution in [0.15, 0.2) is 0 Å². The van der Waals surface area contributed by atoms with Crippen LogP contribution in [0.4, 0.5) is 0 Å². The number of carbonyl (C=O) groups is 2. The third-order valence-electron chi connectivity index (χ3n) is 5.02. The molecular weight excluding hydrogens is 326 g/mol. The fourth-order valence-electron chi connectivity index (χ4n) is 3.40. The average Bonchev–Trinajstić information content (AvgIpc) is 2.59. The summed E-state index contributed by atoms with van der Waals surface area (Å²) in [5.41, 5.74) is 0. The van der Waals surface area contributed by atoms with E-state index in [2.05, 4.69) is 12.2 Å². The van der Waals surface area contributed by atoms with Crippen LogP contribution >= 0.6 is 0 Å². The van der Waals surface area contributed by atoms with Crippen LogP contribution in [-0.4, -0.2) is 23.0 Å². The molecule has 26 heavy (non-hydrogen) atoms. The molecule has 0 spiro atoms. The molecule has 0 aromatic carbocycles. The summed E-state index contributed by atoms with van der Waals surface area (Å²) in [5, 5.41) is 11.5. The van der Waals surface area contributed by atoms with Crippen LogP contribution in [0.1, 0.15) is 123 Å². The minimum absolute atomic E-state index is 0.270. The summed E-state index contributed by atoms with van der Waals surface area (Å²) >= 11 is 0. The van der Waals surface area contributed by atoms with Gasteiger partial charge < -0.3 is 10.4 Å². The van der Waals surface area contributed by atoms with Crippen molar-refractivity contribution in [2.24, 2.45) is 0 Å². The first-order valence-corrected chi connectivity index (χ1v) is 11.1. The second-order valence-electron chi connectivity index (χ2n) is 7.68. The maximum atomic E-state index is 11.0. The topological polar surface area (TPSA) is 66.4 Å². The number of amides is 1. The fraction of sp³-hybridized carbons (Fsp3) is 0.909. The molecule has 0 fully saturated rings. The monoisotopic (exact) mass is 369 g/mol. The van der Waals surface area contributed by atoms with Crippen molar-refractivity contribution in [1.82, 2.24) is 5.32 Å². The Morgan fingerprint density at radius 3 is 1.35 bits per heavy atom. The third-order valence-corrected chi connectivity index (χ3v) is 5.02. The van der Waals surface area contributed by atoms with Crippen molar-refractivity contribution in [1.29, 1.82) is 0 Å². The SMILES string of the molecule is CCCCCCCCCCCCCCCCCCC(NC(C)=O)C(=O)O. The molecule has 0 aliphatic carbocycles. The highest BCUT2D eigenvalue weighted by atomic mass is 16.4. The van der Waals surface area contributed by atoms with Crippen molar-refractivity contribution in [3.8, 4) is 0 Å². The van der Waals surface area contributed by atoms with Crippen molar-refractivity contribution in [2.75, 3.05) is 0 Å². The molecule has 154 valence electrons. The number of nitrogens with one attached hydrogen (secondary N) is 1. The summed E-state index contributed by atoms with van der Waals surface area (Å²) in [6.45, 7) is 3.63. The normalized spacial score (nSPS) is 12.1. The van der Waals surface area contributed by atoms with Crippen LogP contribution in [0, 0.1) is 0 Å². The Bertz CT molecular complexity index is 344. The van der Waals surface area contributed by atoms with Crippen LogP contribution in [-0.2, 0) is 9.59 Å². The number of aliphatic carboxylic acids is 1. The van der Waals surface area contributed by atoms with Gasteiger partial charge in [-0.3, -0.25) is 4.79 Å². The number of rotatable bonds is 19. The van der Waals surface area contributed by atoms with Gasteiger partial charge in [0.25, 0.3) is 0 Å². The van der Waals surface area contributed by atoms with Gasteiger partial charge in [-0.05, 0) is 6.42 Å². The van der Waals surface area contributed by atoms with E-state index in [1.807, 2.05) is 0 Å². The molecule has 4 nitrogen and oxygen atoms in total. The molecular formula is C22H43NO3. The highest BCUT2D eigenvalue weighted by Gasteiger charge is 2.17. The zero-order valence-corrected chi connectivity index (χ0v) is 17.4. The fourth-order valence-corrected chi connectivity index (χ4v) is 3.40. The van der Waals surface area contributed by atoms with Gasteiger partial charge in [-0.2, -0.15) is 0 Å². The quantitative estimate of drug-likeness (QED) is 0.265. The molecule has 1 unspecified atom stereocenters. The molecule has 2 N–H and O–H groups in total. The second-order valence-corrected chi connectivity index (χ2v) is 7.68. The number of unbranched alkanes of at least 4 members (excludes halogenated alkanes) is 15. The summed E-state index contributed by atoms with van der Waals surface area (Å²) in [4.78, 5) is 22.0. The van der Waals surface area contributed by atoms with Crippen molar-refractivity contribution in [3.63, 3.8) is 0 Å². The molecule has 0 aromatic heterocycles. The lowest BCUT2D eigenvalue weighted by Gasteiger charge is -2.12. The number of hydrogen-bond acceptors (Lipinski definition) is 2.